The third-order valence-corrected chi connectivity index (χ3v) is 4.61. The lowest BCUT2D eigenvalue weighted by Gasteiger charge is -2.08. The van der Waals surface area contributed by atoms with Crippen LogP contribution in [0, 0.1) is 0 Å². The molecule has 124 valence electrons. The van der Waals surface area contributed by atoms with E-state index in [2.05, 4.69) is 46.3 Å². The minimum absolute atomic E-state index is 0.370. The van der Waals surface area contributed by atoms with E-state index >= 15 is 0 Å². The van der Waals surface area contributed by atoms with Gasteiger partial charge in [0.1, 0.15) is 0 Å². The Bertz CT molecular complexity index is 956. The van der Waals surface area contributed by atoms with Crippen molar-refractivity contribution in [2.45, 2.75) is 0 Å². The molecule has 0 fully saturated rings. The van der Waals surface area contributed by atoms with Crippen molar-refractivity contribution < 1.29 is 9.53 Å². The zero-order valence-corrected chi connectivity index (χ0v) is 15.4. The van der Waals surface area contributed by atoms with Crippen molar-refractivity contribution >= 4 is 49.3 Å². The topological polar surface area (TPSA) is 26.3 Å². The van der Waals surface area contributed by atoms with E-state index in [9.17, 15) is 4.79 Å². The first-order valence-electron chi connectivity index (χ1n) is 7.89. The van der Waals surface area contributed by atoms with Gasteiger partial charge in [-0.05, 0) is 39.6 Å². The smallest absolute Gasteiger partial charge is 0.330 e. The number of methoxy groups -OCH3 is 1. The van der Waals surface area contributed by atoms with Crippen LogP contribution in [-0.4, -0.2) is 13.1 Å². The number of hydrogen-bond donors (Lipinski definition) is 0. The molecule has 0 aliphatic carbocycles. The largest absolute Gasteiger partial charge is 0.466 e. The predicted octanol–water partition coefficient (Wildman–Crippen LogP) is 5.92. The van der Waals surface area contributed by atoms with Gasteiger partial charge in [0, 0.05) is 10.6 Å². The van der Waals surface area contributed by atoms with E-state index < -0.39 is 0 Å². The van der Waals surface area contributed by atoms with Crippen LogP contribution in [0.1, 0.15) is 16.7 Å². The fourth-order valence-electron chi connectivity index (χ4n) is 2.66. The highest BCUT2D eigenvalue weighted by Gasteiger charge is 2.06. The summed E-state index contributed by atoms with van der Waals surface area (Å²) in [6.07, 6.45) is 5.33. The second kappa shape index (κ2) is 7.95. The molecule has 0 heterocycles. The van der Waals surface area contributed by atoms with Gasteiger partial charge in [-0.25, -0.2) is 4.79 Å². The molecule has 0 amide bonds. The maximum atomic E-state index is 11.5. The lowest BCUT2D eigenvalue weighted by atomic mass is 9.97. The molecule has 0 aliphatic heterocycles. The molecule has 0 aromatic heterocycles. The Morgan fingerprint density at radius 2 is 1.68 bits per heavy atom. The maximum absolute atomic E-state index is 11.5. The second-order valence-corrected chi connectivity index (χ2v) is 6.36. The number of carbonyl (C=O) groups excluding carboxylic acids is 1. The van der Waals surface area contributed by atoms with Crippen LogP contribution in [0.4, 0.5) is 0 Å². The molecule has 0 radical (unpaired) electrons. The molecule has 0 saturated heterocycles. The number of fused-ring (bicyclic) bond motifs is 1. The average Bonchev–Trinajstić information content (AvgIpc) is 2.67. The van der Waals surface area contributed by atoms with Gasteiger partial charge in [0.25, 0.3) is 0 Å². The third kappa shape index (κ3) is 4.06. The zero-order chi connectivity index (χ0) is 17.6. The Balaban J connectivity index is 2.14. The summed E-state index contributed by atoms with van der Waals surface area (Å²) < 4.78 is 5.71. The minimum Gasteiger partial charge on any atom is -0.466 e. The van der Waals surface area contributed by atoms with Crippen molar-refractivity contribution in [1.82, 2.24) is 0 Å². The molecular weight excluding hydrogens is 376 g/mol. The lowest BCUT2D eigenvalue weighted by molar-refractivity contribution is -0.134. The van der Waals surface area contributed by atoms with Crippen molar-refractivity contribution in [2.75, 3.05) is 7.11 Å². The molecule has 0 atom stereocenters. The molecule has 2 nitrogen and oxygen atoms in total. The Morgan fingerprint density at radius 3 is 2.44 bits per heavy atom. The van der Waals surface area contributed by atoms with Crippen molar-refractivity contribution in [3.05, 3.63) is 89.5 Å². The summed E-state index contributed by atoms with van der Waals surface area (Å²) >= 11 is 3.66. The first-order valence-corrected chi connectivity index (χ1v) is 8.69. The van der Waals surface area contributed by atoms with Gasteiger partial charge in [-0.2, -0.15) is 0 Å². The lowest BCUT2D eigenvalue weighted by Crippen LogP contribution is -1.94. The molecule has 3 aromatic carbocycles. The number of esters is 1. The zero-order valence-electron chi connectivity index (χ0n) is 13.8. The second-order valence-electron chi connectivity index (χ2n) is 5.50. The number of hydrogen-bond acceptors (Lipinski definition) is 2. The normalized spacial score (nSPS) is 11.8. The van der Waals surface area contributed by atoms with E-state index in [0.717, 1.165) is 31.9 Å². The highest BCUT2D eigenvalue weighted by Crippen LogP contribution is 2.30. The highest BCUT2D eigenvalue weighted by atomic mass is 79.9. The summed E-state index contributed by atoms with van der Waals surface area (Å²) in [6.45, 7) is 0. The molecule has 3 rings (SSSR count). The van der Waals surface area contributed by atoms with Gasteiger partial charge in [-0.1, -0.05) is 82.7 Å². The summed E-state index contributed by atoms with van der Waals surface area (Å²) in [5.41, 5.74) is 3.10. The quantitative estimate of drug-likeness (QED) is 0.313. The Kier molecular flexibility index (Phi) is 5.46. The molecule has 0 N–H and O–H groups in total. The van der Waals surface area contributed by atoms with Crippen molar-refractivity contribution in [2.24, 2.45) is 0 Å². The molecular formula is C22H17BrO2. The fraction of sp³-hybridized carbons (Fsp3) is 0.0455. The van der Waals surface area contributed by atoms with Crippen molar-refractivity contribution in [1.29, 1.82) is 0 Å². The monoisotopic (exact) mass is 392 g/mol. The standard InChI is InChI=1S/C22H17BrO2/c1-25-22(24)14-13-20-18(12-11-16-7-5-6-10-19(16)20)15-21(23)17-8-3-2-4-9-17/h2-15H,1H3/b14-13+,21-15-. The van der Waals surface area contributed by atoms with E-state index in [1.54, 1.807) is 0 Å². The first kappa shape index (κ1) is 17.2. The summed E-state index contributed by atoms with van der Waals surface area (Å²) in [6, 6.07) is 22.4. The fourth-order valence-corrected chi connectivity index (χ4v) is 3.17. The van der Waals surface area contributed by atoms with Crippen LogP contribution in [-0.2, 0) is 9.53 Å². The summed E-state index contributed by atoms with van der Waals surface area (Å²) in [5, 5.41) is 2.21. The summed E-state index contributed by atoms with van der Waals surface area (Å²) in [7, 11) is 1.38. The van der Waals surface area contributed by atoms with E-state index in [-0.39, 0.29) is 5.97 Å². The van der Waals surface area contributed by atoms with Crippen LogP contribution in [0.3, 0.4) is 0 Å². The van der Waals surface area contributed by atoms with E-state index in [1.165, 1.54) is 13.2 Å². The summed E-state index contributed by atoms with van der Waals surface area (Å²) in [4.78, 5) is 11.5. The number of halogens is 1. The average molecular weight is 393 g/mol. The van der Waals surface area contributed by atoms with E-state index in [4.69, 9.17) is 4.74 Å². The SMILES string of the molecule is COC(=O)/C=C/c1c(/C=C(\Br)c2ccccc2)ccc2ccccc12. The molecule has 0 bridgehead atoms. The summed E-state index contributed by atoms with van der Waals surface area (Å²) in [5.74, 6) is -0.370. The molecule has 0 aliphatic rings. The Hall–Kier alpha value is -2.65. The van der Waals surface area contributed by atoms with Gasteiger partial charge in [0.2, 0.25) is 0 Å². The number of rotatable bonds is 4. The molecule has 3 aromatic rings. The van der Waals surface area contributed by atoms with Gasteiger partial charge in [-0.15, -0.1) is 0 Å². The molecule has 25 heavy (non-hydrogen) atoms. The molecule has 3 heteroatoms. The van der Waals surface area contributed by atoms with Crippen LogP contribution in [0.2, 0.25) is 0 Å². The van der Waals surface area contributed by atoms with Crippen LogP contribution >= 0.6 is 15.9 Å². The number of carbonyl (C=O) groups is 1. The molecule has 0 unspecified atom stereocenters. The maximum Gasteiger partial charge on any atom is 0.330 e. The van der Waals surface area contributed by atoms with Gasteiger partial charge >= 0.3 is 5.97 Å². The third-order valence-electron chi connectivity index (χ3n) is 3.92. The Morgan fingerprint density at radius 1 is 0.960 bits per heavy atom. The minimum atomic E-state index is -0.370. The van der Waals surface area contributed by atoms with Crippen LogP contribution < -0.4 is 0 Å². The van der Waals surface area contributed by atoms with Gasteiger partial charge < -0.3 is 4.74 Å². The van der Waals surface area contributed by atoms with E-state index in [1.807, 2.05) is 48.5 Å². The van der Waals surface area contributed by atoms with Crippen LogP contribution in [0.5, 0.6) is 0 Å². The van der Waals surface area contributed by atoms with Gasteiger partial charge in [0.05, 0.1) is 7.11 Å². The van der Waals surface area contributed by atoms with Crippen molar-refractivity contribution in [3.63, 3.8) is 0 Å². The highest BCUT2D eigenvalue weighted by molar-refractivity contribution is 9.15. The van der Waals surface area contributed by atoms with Crippen LogP contribution in [0.25, 0.3) is 27.4 Å². The van der Waals surface area contributed by atoms with E-state index in [0.29, 0.717) is 0 Å². The van der Waals surface area contributed by atoms with Gasteiger partial charge in [-0.3, -0.25) is 0 Å². The Labute approximate surface area is 155 Å². The number of ether oxygens (including phenoxy) is 1. The predicted molar refractivity (Wildman–Crippen MR) is 108 cm³/mol. The molecule has 0 saturated carbocycles. The van der Waals surface area contributed by atoms with Crippen molar-refractivity contribution in [3.8, 4) is 0 Å². The first-order chi connectivity index (χ1) is 12.2. The van der Waals surface area contributed by atoms with Gasteiger partial charge in [0.15, 0.2) is 0 Å². The number of benzene rings is 3. The van der Waals surface area contributed by atoms with Crippen LogP contribution in [0.15, 0.2) is 72.8 Å². The molecule has 0 spiro atoms.